The van der Waals surface area contributed by atoms with Gasteiger partial charge in [-0.05, 0) is 36.2 Å². The Morgan fingerprint density at radius 2 is 1.89 bits per heavy atom. The summed E-state index contributed by atoms with van der Waals surface area (Å²) >= 11 is 0. The van der Waals surface area contributed by atoms with Crippen molar-refractivity contribution in [1.82, 2.24) is 0 Å². The predicted molar refractivity (Wildman–Crippen MR) is 102 cm³/mol. The van der Waals surface area contributed by atoms with Crippen LogP contribution in [0.4, 0.5) is 0 Å². The number of rotatable bonds is 3. The smallest absolute Gasteiger partial charge is 0.231 e. The Morgan fingerprint density at radius 1 is 1.07 bits per heavy atom. The summed E-state index contributed by atoms with van der Waals surface area (Å²) in [5, 5.41) is 0. The molecular weight excluding hydrogens is 342 g/mol. The molecule has 0 fully saturated rings. The van der Waals surface area contributed by atoms with Gasteiger partial charge in [-0.1, -0.05) is 6.07 Å². The molecule has 3 aliphatic rings. The first-order valence-corrected chi connectivity index (χ1v) is 9.70. The van der Waals surface area contributed by atoms with Crippen LogP contribution in [-0.2, 0) is 19.4 Å². The van der Waals surface area contributed by atoms with Crippen LogP contribution in [0.5, 0.6) is 23.0 Å². The number of likely N-dealkylation sites (N-methyl/N-ethyl adjacent to an activating group) is 1. The summed E-state index contributed by atoms with van der Waals surface area (Å²) in [6.07, 6.45) is 2.08. The molecule has 0 bridgehead atoms. The average molecular weight is 368 g/mol. The van der Waals surface area contributed by atoms with Gasteiger partial charge in [0.15, 0.2) is 23.0 Å². The first kappa shape index (κ1) is 16.8. The summed E-state index contributed by atoms with van der Waals surface area (Å²) < 4.78 is 23.7. The third-order valence-electron chi connectivity index (χ3n) is 6.74. The third-order valence-corrected chi connectivity index (χ3v) is 6.74. The molecule has 142 valence electrons. The molecule has 2 aromatic carbocycles. The lowest BCUT2D eigenvalue weighted by atomic mass is 9.81. The van der Waals surface area contributed by atoms with Gasteiger partial charge < -0.3 is 23.4 Å². The molecule has 3 heterocycles. The standard InChI is InChI=1S/C22H26NO4/c1-4-23-8-7-15-10-20-21(27-13-26-20)11-16(15)18(23)9-14-5-6-19(24-2)22(25-3)17(14)12-23/h5-6,10-11,18H,4,7-9,12-13H2,1-3H3/q+1. The van der Waals surface area contributed by atoms with Gasteiger partial charge in [0, 0.05) is 18.4 Å². The first-order chi connectivity index (χ1) is 13.2. The number of quaternary nitrogens is 1. The molecule has 5 nitrogen and oxygen atoms in total. The molecule has 0 spiro atoms. The second kappa shape index (κ2) is 6.06. The summed E-state index contributed by atoms with van der Waals surface area (Å²) in [6, 6.07) is 9.12. The van der Waals surface area contributed by atoms with E-state index in [4.69, 9.17) is 18.9 Å². The van der Waals surface area contributed by atoms with Crippen molar-refractivity contribution in [2.75, 3.05) is 34.1 Å². The zero-order valence-electron chi connectivity index (χ0n) is 16.2. The molecule has 0 amide bonds. The van der Waals surface area contributed by atoms with Crippen molar-refractivity contribution in [3.63, 3.8) is 0 Å². The summed E-state index contributed by atoms with van der Waals surface area (Å²) in [6.45, 7) is 5.84. The van der Waals surface area contributed by atoms with Crippen molar-refractivity contribution >= 4 is 0 Å². The van der Waals surface area contributed by atoms with Crippen LogP contribution in [0.1, 0.15) is 35.2 Å². The van der Waals surface area contributed by atoms with Crippen molar-refractivity contribution in [2.24, 2.45) is 0 Å². The lowest BCUT2D eigenvalue weighted by molar-refractivity contribution is -0.972. The van der Waals surface area contributed by atoms with Gasteiger partial charge in [-0.15, -0.1) is 0 Å². The largest absolute Gasteiger partial charge is 0.493 e. The van der Waals surface area contributed by atoms with E-state index in [9.17, 15) is 0 Å². The molecule has 3 aliphatic heterocycles. The van der Waals surface area contributed by atoms with Crippen molar-refractivity contribution < 1.29 is 23.4 Å². The third kappa shape index (κ3) is 2.34. The van der Waals surface area contributed by atoms with Crippen LogP contribution in [0, 0.1) is 0 Å². The Bertz CT molecular complexity index is 910. The summed E-state index contributed by atoms with van der Waals surface area (Å²) in [5.41, 5.74) is 5.51. The molecular formula is C22H26NO4+. The fraction of sp³-hybridized carbons (Fsp3) is 0.455. The highest BCUT2D eigenvalue weighted by atomic mass is 16.7. The van der Waals surface area contributed by atoms with Crippen LogP contribution < -0.4 is 18.9 Å². The number of methoxy groups -OCH3 is 2. The monoisotopic (exact) mass is 368 g/mol. The van der Waals surface area contributed by atoms with Crippen molar-refractivity contribution in [3.05, 3.63) is 46.5 Å². The van der Waals surface area contributed by atoms with Crippen LogP contribution >= 0.6 is 0 Å². The summed E-state index contributed by atoms with van der Waals surface area (Å²) in [7, 11) is 3.45. The molecule has 27 heavy (non-hydrogen) atoms. The average Bonchev–Trinajstić information content (AvgIpc) is 3.17. The number of nitrogens with zero attached hydrogens (tertiary/aromatic N) is 1. The van der Waals surface area contributed by atoms with E-state index in [1.807, 2.05) is 6.07 Å². The highest BCUT2D eigenvalue weighted by Crippen LogP contribution is 2.50. The molecule has 2 aromatic rings. The molecule has 0 saturated carbocycles. The van der Waals surface area contributed by atoms with E-state index < -0.39 is 0 Å². The number of benzene rings is 2. The predicted octanol–water partition coefficient (Wildman–Crippen LogP) is 3.62. The zero-order chi connectivity index (χ0) is 18.6. The van der Waals surface area contributed by atoms with E-state index in [2.05, 4.69) is 25.1 Å². The maximum absolute atomic E-state index is 5.76. The minimum Gasteiger partial charge on any atom is -0.493 e. The van der Waals surface area contributed by atoms with E-state index >= 15 is 0 Å². The normalized spacial score (nSPS) is 24.6. The lowest BCUT2D eigenvalue weighted by Crippen LogP contribution is -2.56. The van der Waals surface area contributed by atoms with E-state index in [0.717, 1.165) is 60.0 Å². The molecule has 0 radical (unpaired) electrons. The highest BCUT2D eigenvalue weighted by molar-refractivity contribution is 5.54. The van der Waals surface area contributed by atoms with Gasteiger partial charge >= 0.3 is 0 Å². The number of hydrogen-bond acceptors (Lipinski definition) is 4. The molecule has 2 unspecified atom stereocenters. The van der Waals surface area contributed by atoms with Crippen LogP contribution in [0.2, 0.25) is 0 Å². The van der Waals surface area contributed by atoms with Gasteiger partial charge in [-0.2, -0.15) is 0 Å². The number of hydrogen-bond donors (Lipinski definition) is 0. The zero-order valence-corrected chi connectivity index (χ0v) is 16.2. The van der Waals surface area contributed by atoms with Crippen molar-refractivity contribution in [2.45, 2.75) is 32.4 Å². The van der Waals surface area contributed by atoms with E-state index in [1.54, 1.807) is 14.2 Å². The maximum atomic E-state index is 5.76. The Labute approximate surface area is 160 Å². The maximum Gasteiger partial charge on any atom is 0.231 e. The minimum atomic E-state index is 0.330. The fourth-order valence-electron chi connectivity index (χ4n) is 5.22. The van der Waals surface area contributed by atoms with Crippen LogP contribution in [0.25, 0.3) is 0 Å². The Balaban J connectivity index is 1.64. The Kier molecular flexibility index (Phi) is 3.76. The van der Waals surface area contributed by atoms with E-state index in [0.29, 0.717) is 12.8 Å². The van der Waals surface area contributed by atoms with Crippen LogP contribution in [0.3, 0.4) is 0 Å². The number of ether oxygens (including phenoxy) is 4. The topological polar surface area (TPSA) is 36.9 Å². The van der Waals surface area contributed by atoms with E-state index in [-0.39, 0.29) is 0 Å². The van der Waals surface area contributed by atoms with Gasteiger partial charge in [-0.25, -0.2) is 0 Å². The van der Waals surface area contributed by atoms with Gasteiger partial charge in [0.1, 0.15) is 12.6 Å². The van der Waals surface area contributed by atoms with Gasteiger partial charge in [0.25, 0.3) is 0 Å². The molecule has 5 heteroatoms. The summed E-state index contributed by atoms with van der Waals surface area (Å²) in [4.78, 5) is 0. The minimum absolute atomic E-state index is 0.330. The second-order valence-electron chi connectivity index (χ2n) is 7.73. The highest BCUT2D eigenvalue weighted by Gasteiger charge is 2.46. The molecule has 5 rings (SSSR count). The molecule has 0 aromatic heterocycles. The first-order valence-electron chi connectivity index (χ1n) is 9.70. The number of fused-ring (bicyclic) bond motifs is 5. The summed E-state index contributed by atoms with van der Waals surface area (Å²) in [5.74, 6) is 3.51. The van der Waals surface area contributed by atoms with Gasteiger partial charge in [-0.3, -0.25) is 0 Å². The van der Waals surface area contributed by atoms with Crippen molar-refractivity contribution in [3.8, 4) is 23.0 Å². The van der Waals surface area contributed by atoms with E-state index in [1.165, 1.54) is 22.3 Å². The molecule has 0 aliphatic carbocycles. The fourth-order valence-corrected chi connectivity index (χ4v) is 5.22. The van der Waals surface area contributed by atoms with Crippen LogP contribution in [-0.4, -0.2) is 38.6 Å². The van der Waals surface area contributed by atoms with Gasteiger partial charge in [0.2, 0.25) is 6.79 Å². The molecule has 0 N–H and O–H groups in total. The molecule has 2 atom stereocenters. The van der Waals surface area contributed by atoms with Crippen molar-refractivity contribution in [1.29, 1.82) is 0 Å². The lowest BCUT2D eigenvalue weighted by Gasteiger charge is -2.51. The molecule has 0 saturated heterocycles. The van der Waals surface area contributed by atoms with Gasteiger partial charge in [0.05, 0.1) is 32.9 Å². The SMILES string of the molecule is CC[N+]12CCc3cc4c(cc3C1Cc1ccc(OC)c(OC)c1C2)OCO4. The second-order valence-corrected chi connectivity index (χ2v) is 7.73. The van der Waals surface area contributed by atoms with Crippen LogP contribution in [0.15, 0.2) is 24.3 Å². The Hall–Kier alpha value is -2.40. The Morgan fingerprint density at radius 3 is 2.63 bits per heavy atom. The quantitative estimate of drug-likeness (QED) is 0.776.